The lowest BCUT2D eigenvalue weighted by atomic mass is 10.0. The summed E-state index contributed by atoms with van der Waals surface area (Å²) < 4.78 is 0. The van der Waals surface area contributed by atoms with Gasteiger partial charge in [-0.15, -0.1) is 0 Å². The molecule has 0 aromatic heterocycles. The van der Waals surface area contributed by atoms with Gasteiger partial charge in [0.1, 0.15) is 0 Å². The molecule has 0 atom stereocenters. The average molecular weight is 469 g/mol. The SMILES string of the molecule is CCCCCCCCCCCCCCCCOOCCCCCCCCCCCCCCC. The Morgan fingerprint density at radius 2 is 0.424 bits per heavy atom. The van der Waals surface area contributed by atoms with Crippen molar-refractivity contribution >= 4 is 0 Å². The van der Waals surface area contributed by atoms with Gasteiger partial charge in [0.25, 0.3) is 0 Å². The molecule has 0 bridgehead atoms. The Morgan fingerprint density at radius 1 is 0.242 bits per heavy atom. The van der Waals surface area contributed by atoms with E-state index in [4.69, 9.17) is 9.78 Å². The third kappa shape index (κ3) is 31.9. The van der Waals surface area contributed by atoms with Crippen LogP contribution < -0.4 is 0 Å². The van der Waals surface area contributed by atoms with E-state index in [0.29, 0.717) is 0 Å². The summed E-state index contributed by atoms with van der Waals surface area (Å²) in [5.41, 5.74) is 0. The molecule has 0 aromatic carbocycles. The summed E-state index contributed by atoms with van der Waals surface area (Å²) in [4.78, 5) is 10.7. The predicted molar refractivity (Wildman–Crippen MR) is 148 cm³/mol. The summed E-state index contributed by atoms with van der Waals surface area (Å²) in [5.74, 6) is 0. The topological polar surface area (TPSA) is 18.5 Å². The second-order valence-corrected chi connectivity index (χ2v) is 10.5. The fourth-order valence-electron chi connectivity index (χ4n) is 4.65. The van der Waals surface area contributed by atoms with Gasteiger partial charge in [0.05, 0.1) is 13.2 Å². The molecule has 0 aliphatic carbocycles. The van der Waals surface area contributed by atoms with Crippen LogP contribution in [0.4, 0.5) is 0 Å². The summed E-state index contributed by atoms with van der Waals surface area (Å²) >= 11 is 0. The van der Waals surface area contributed by atoms with Crippen LogP contribution in [0, 0.1) is 0 Å². The third-order valence-electron chi connectivity index (χ3n) is 7.00. The maximum Gasteiger partial charge on any atom is 0.0822 e. The van der Waals surface area contributed by atoms with Crippen LogP contribution in [-0.2, 0) is 9.78 Å². The van der Waals surface area contributed by atoms with Crippen LogP contribution >= 0.6 is 0 Å². The first-order valence-electron chi connectivity index (χ1n) is 15.7. The highest BCUT2D eigenvalue weighted by atomic mass is 17.2. The monoisotopic (exact) mass is 468 g/mol. The molecule has 2 heteroatoms. The molecule has 0 aliphatic rings. The second-order valence-electron chi connectivity index (χ2n) is 10.5. The Bertz CT molecular complexity index is 288. The zero-order chi connectivity index (χ0) is 23.9. The first-order chi connectivity index (χ1) is 16.4. The van der Waals surface area contributed by atoms with Crippen molar-refractivity contribution in [2.75, 3.05) is 13.2 Å². The molecule has 2 nitrogen and oxygen atoms in total. The Labute approximate surface area is 210 Å². The maximum atomic E-state index is 5.35. The molecular formula is C31H64O2. The molecule has 0 amide bonds. The smallest absolute Gasteiger partial charge is 0.0822 e. The molecule has 0 N–H and O–H groups in total. The van der Waals surface area contributed by atoms with Gasteiger partial charge >= 0.3 is 0 Å². The van der Waals surface area contributed by atoms with E-state index in [1.807, 2.05) is 0 Å². The first kappa shape index (κ1) is 32.9. The van der Waals surface area contributed by atoms with E-state index >= 15 is 0 Å². The Balaban J connectivity index is 2.99. The number of rotatable bonds is 30. The fraction of sp³-hybridized carbons (Fsp3) is 1.00. The van der Waals surface area contributed by atoms with E-state index in [-0.39, 0.29) is 0 Å². The van der Waals surface area contributed by atoms with E-state index in [9.17, 15) is 0 Å². The van der Waals surface area contributed by atoms with Crippen LogP contribution in [0.25, 0.3) is 0 Å². The van der Waals surface area contributed by atoms with Crippen LogP contribution in [0.3, 0.4) is 0 Å². The standard InChI is InChI=1S/C31H64O2/c1-3-5-7-9-11-13-15-17-19-21-23-25-27-29-31-33-32-30-28-26-24-22-20-18-16-14-12-10-8-6-4-2/h3-31H2,1-2H3. The number of hydrogen-bond acceptors (Lipinski definition) is 2. The highest BCUT2D eigenvalue weighted by Gasteiger charge is 1.96. The summed E-state index contributed by atoms with van der Waals surface area (Å²) in [7, 11) is 0. The lowest BCUT2D eigenvalue weighted by Gasteiger charge is -2.05. The predicted octanol–water partition coefficient (Wildman–Crippen LogP) is 11.5. The van der Waals surface area contributed by atoms with Crippen molar-refractivity contribution in [2.45, 2.75) is 187 Å². The molecule has 0 aliphatic heterocycles. The van der Waals surface area contributed by atoms with Gasteiger partial charge in [-0.1, -0.05) is 174 Å². The second kappa shape index (κ2) is 31.9. The normalized spacial score (nSPS) is 11.5. The maximum absolute atomic E-state index is 5.35. The van der Waals surface area contributed by atoms with Gasteiger partial charge in [0.15, 0.2) is 0 Å². The molecule has 0 saturated carbocycles. The van der Waals surface area contributed by atoms with E-state index in [1.165, 1.54) is 161 Å². The van der Waals surface area contributed by atoms with Crippen molar-refractivity contribution in [2.24, 2.45) is 0 Å². The molecule has 0 unspecified atom stereocenters. The Kier molecular flexibility index (Phi) is 31.8. The van der Waals surface area contributed by atoms with Gasteiger partial charge < -0.3 is 0 Å². The average Bonchev–Trinajstić information content (AvgIpc) is 2.83. The van der Waals surface area contributed by atoms with Crippen molar-refractivity contribution in [3.05, 3.63) is 0 Å². The van der Waals surface area contributed by atoms with Crippen molar-refractivity contribution in [3.8, 4) is 0 Å². The largest absolute Gasteiger partial charge is 0.237 e. The fourth-order valence-corrected chi connectivity index (χ4v) is 4.65. The molecule has 0 fully saturated rings. The molecule has 33 heavy (non-hydrogen) atoms. The highest BCUT2D eigenvalue weighted by Crippen LogP contribution is 2.14. The van der Waals surface area contributed by atoms with E-state index in [1.54, 1.807) is 0 Å². The van der Waals surface area contributed by atoms with Crippen LogP contribution in [0.5, 0.6) is 0 Å². The zero-order valence-electron chi connectivity index (χ0n) is 23.3. The number of unbranched alkanes of at least 4 members (excludes halogenated alkanes) is 25. The summed E-state index contributed by atoms with van der Waals surface area (Å²) in [6.07, 6.45) is 37.7. The first-order valence-corrected chi connectivity index (χ1v) is 15.7. The Morgan fingerprint density at radius 3 is 0.636 bits per heavy atom. The highest BCUT2D eigenvalue weighted by molar-refractivity contribution is 4.50. The molecule has 200 valence electrons. The third-order valence-corrected chi connectivity index (χ3v) is 7.00. The van der Waals surface area contributed by atoms with Crippen LogP contribution in [0.15, 0.2) is 0 Å². The van der Waals surface area contributed by atoms with Gasteiger partial charge in [-0.2, -0.15) is 0 Å². The van der Waals surface area contributed by atoms with E-state index in [0.717, 1.165) is 26.1 Å². The minimum Gasteiger partial charge on any atom is -0.237 e. The van der Waals surface area contributed by atoms with Crippen LogP contribution in [0.1, 0.15) is 187 Å². The summed E-state index contributed by atoms with van der Waals surface area (Å²) in [5, 5.41) is 0. The van der Waals surface area contributed by atoms with Gasteiger partial charge in [-0.3, -0.25) is 0 Å². The van der Waals surface area contributed by atoms with Crippen molar-refractivity contribution in [3.63, 3.8) is 0 Å². The quantitative estimate of drug-likeness (QED) is 0.0592. The van der Waals surface area contributed by atoms with Gasteiger partial charge in [0, 0.05) is 0 Å². The van der Waals surface area contributed by atoms with Crippen molar-refractivity contribution < 1.29 is 9.78 Å². The molecule has 0 rings (SSSR count). The molecular weight excluding hydrogens is 404 g/mol. The molecule has 0 saturated heterocycles. The Hall–Kier alpha value is -0.0800. The molecule has 0 spiro atoms. The van der Waals surface area contributed by atoms with Gasteiger partial charge in [-0.25, -0.2) is 9.78 Å². The summed E-state index contributed by atoms with van der Waals surface area (Å²) in [6.45, 7) is 6.13. The van der Waals surface area contributed by atoms with Crippen LogP contribution in [0.2, 0.25) is 0 Å². The van der Waals surface area contributed by atoms with Gasteiger partial charge in [-0.05, 0) is 12.8 Å². The minimum atomic E-state index is 0.774. The number of hydrogen-bond donors (Lipinski definition) is 0. The van der Waals surface area contributed by atoms with Crippen LogP contribution in [-0.4, -0.2) is 13.2 Å². The van der Waals surface area contributed by atoms with E-state index in [2.05, 4.69) is 13.8 Å². The molecule has 0 aromatic rings. The lowest BCUT2D eigenvalue weighted by Crippen LogP contribution is -1.99. The molecule has 0 heterocycles. The lowest BCUT2D eigenvalue weighted by molar-refractivity contribution is -0.295. The van der Waals surface area contributed by atoms with E-state index < -0.39 is 0 Å². The van der Waals surface area contributed by atoms with Crippen molar-refractivity contribution in [1.29, 1.82) is 0 Å². The van der Waals surface area contributed by atoms with Crippen molar-refractivity contribution in [1.82, 2.24) is 0 Å². The van der Waals surface area contributed by atoms with Gasteiger partial charge in [0.2, 0.25) is 0 Å². The molecule has 0 radical (unpaired) electrons. The zero-order valence-corrected chi connectivity index (χ0v) is 23.3. The summed E-state index contributed by atoms with van der Waals surface area (Å²) in [6, 6.07) is 0. The minimum absolute atomic E-state index is 0.774.